The molecule has 32 heavy (non-hydrogen) atoms. The molecule has 0 radical (unpaired) electrons. The van der Waals surface area contributed by atoms with E-state index in [0.717, 1.165) is 11.1 Å². The second-order valence-electron chi connectivity index (χ2n) is 7.56. The molecule has 0 saturated heterocycles. The molecule has 3 aromatic carbocycles. The summed E-state index contributed by atoms with van der Waals surface area (Å²) in [7, 11) is 0.426. The molecule has 164 valence electrons. The standard InChI is InChI=1S/C26H26O5P/c1-15-17(3)25(18(4)16(2)22(15)24(27)19-11-8-7-9-12-19)32(29)26(28)23-20(30-5)13-10-14-21(23)31-6/h7-14H,1-6H3/q+1. The molecule has 3 rings (SSSR count). The van der Waals surface area contributed by atoms with Crippen LogP contribution in [-0.4, -0.2) is 25.5 Å². The van der Waals surface area contributed by atoms with Crippen LogP contribution in [0.5, 0.6) is 11.5 Å². The topological polar surface area (TPSA) is 69.7 Å². The van der Waals surface area contributed by atoms with Crippen molar-refractivity contribution in [1.29, 1.82) is 0 Å². The molecule has 0 saturated carbocycles. The molecule has 0 aliphatic rings. The van der Waals surface area contributed by atoms with E-state index in [4.69, 9.17) is 9.47 Å². The number of carbonyl (C=O) groups is 2. The number of benzene rings is 3. The first kappa shape index (κ1) is 23.4. The van der Waals surface area contributed by atoms with Crippen molar-refractivity contribution in [2.45, 2.75) is 27.7 Å². The number of ether oxygens (including phenoxy) is 2. The van der Waals surface area contributed by atoms with E-state index in [1.807, 2.05) is 32.0 Å². The van der Waals surface area contributed by atoms with Gasteiger partial charge in [-0.25, -0.2) is 4.79 Å². The highest BCUT2D eigenvalue weighted by molar-refractivity contribution is 7.71. The van der Waals surface area contributed by atoms with Crippen molar-refractivity contribution < 1.29 is 23.6 Å². The molecule has 0 aliphatic heterocycles. The average molecular weight is 449 g/mol. The lowest BCUT2D eigenvalue weighted by atomic mass is 9.89. The summed E-state index contributed by atoms with van der Waals surface area (Å²) in [6.07, 6.45) is 0. The number of carbonyl (C=O) groups excluding carboxylic acids is 2. The summed E-state index contributed by atoms with van der Waals surface area (Å²) < 4.78 is 24.2. The fourth-order valence-electron chi connectivity index (χ4n) is 3.94. The number of rotatable bonds is 7. The third-order valence-electron chi connectivity index (χ3n) is 5.88. The summed E-state index contributed by atoms with van der Waals surface area (Å²) in [6, 6.07) is 14.0. The van der Waals surface area contributed by atoms with Crippen molar-refractivity contribution in [1.82, 2.24) is 0 Å². The van der Waals surface area contributed by atoms with Crippen LogP contribution in [0.25, 0.3) is 0 Å². The third-order valence-corrected chi connectivity index (χ3v) is 7.55. The van der Waals surface area contributed by atoms with Crippen LogP contribution in [-0.2, 0) is 4.57 Å². The van der Waals surface area contributed by atoms with Crippen molar-refractivity contribution in [3.8, 4) is 11.5 Å². The van der Waals surface area contributed by atoms with Crippen LogP contribution in [0.15, 0.2) is 48.5 Å². The van der Waals surface area contributed by atoms with Crippen molar-refractivity contribution >= 4 is 24.4 Å². The molecule has 0 spiro atoms. The van der Waals surface area contributed by atoms with Gasteiger partial charge in [-0.3, -0.25) is 4.79 Å². The molecule has 3 aromatic rings. The molecule has 5 nitrogen and oxygen atoms in total. The number of hydrogen-bond acceptors (Lipinski definition) is 5. The molecule has 1 atom stereocenters. The van der Waals surface area contributed by atoms with Crippen LogP contribution < -0.4 is 14.8 Å². The second-order valence-corrected chi connectivity index (χ2v) is 9.00. The Balaban J connectivity index is 2.16. The van der Waals surface area contributed by atoms with Gasteiger partial charge >= 0.3 is 13.3 Å². The first-order chi connectivity index (χ1) is 15.2. The van der Waals surface area contributed by atoms with Crippen LogP contribution in [0.4, 0.5) is 0 Å². The molecule has 0 aliphatic carbocycles. The smallest absolute Gasteiger partial charge is 0.459 e. The average Bonchev–Trinajstić information content (AvgIpc) is 2.82. The van der Waals surface area contributed by atoms with Gasteiger partial charge in [0.2, 0.25) is 5.30 Å². The van der Waals surface area contributed by atoms with E-state index in [2.05, 4.69) is 0 Å². The molecular weight excluding hydrogens is 423 g/mol. The Kier molecular flexibility index (Phi) is 6.90. The Labute approximate surface area is 189 Å². The lowest BCUT2D eigenvalue weighted by Gasteiger charge is -2.15. The molecule has 0 bridgehead atoms. The van der Waals surface area contributed by atoms with Gasteiger partial charge in [0.15, 0.2) is 11.3 Å². The van der Waals surface area contributed by atoms with Gasteiger partial charge < -0.3 is 9.47 Å². The Bertz CT molecular complexity index is 1180. The maximum atomic E-state index is 13.6. The van der Waals surface area contributed by atoms with E-state index in [-0.39, 0.29) is 11.3 Å². The van der Waals surface area contributed by atoms with E-state index >= 15 is 0 Å². The van der Waals surface area contributed by atoms with Gasteiger partial charge in [-0.1, -0.05) is 41.0 Å². The highest BCUT2D eigenvalue weighted by Crippen LogP contribution is 2.39. The molecule has 0 N–H and O–H groups in total. The number of methoxy groups -OCH3 is 2. The molecule has 6 heteroatoms. The summed E-state index contributed by atoms with van der Waals surface area (Å²) >= 11 is 0. The molecule has 0 amide bonds. The van der Waals surface area contributed by atoms with Gasteiger partial charge in [0.05, 0.1) is 14.2 Å². The predicted molar refractivity (Wildman–Crippen MR) is 126 cm³/mol. The lowest BCUT2D eigenvalue weighted by Crippen LogP contribution is -2.20. The van der Waals surface area contributed by atoms with E-state index in [1.165, 1.54) is 14.2 Å². The molecule has 0 aromatic heterocycles. The lowest BCUT2D eigenvalue weighted by molar-refractivity contribution is 0.103. The highest BCUT2D eigenvalue weighted by atomic mass is 31.1. The highest BCUT2D eigenvalue weighted by Gasteiger charge is 2.41. The molecular formula is C26H26O5P+. The normalized spacial score (nSPS) is 11.1. The SMILES string of the molecule is COc1cccc(OC)c1C(=O)[P+](=O)c1c(C)c(C)c(C(=O)c2ccccc2)c(C)c1C. The summed E-state index contributed by atoms with van der Waals surface area (Å²) in [5.74, 6) is 0.515. The van der Waals surface area contributed by atoms with Crippen LogP contribution in [0, 0.1) is 27.7 Å². The molecule has 0 fully saturated rings. The Morgan fingerprint density at radius 1 is 0.688 bits per heavy atom. The zero-order chi connectivity index (χ0) is 23.6. The first-order valence-corrected chi connectivity index (χ1v) is 11.4. The quantitative estimate of drug-likeness (QED) is 0.354. The van der Waals surface area contributed by atoms with Crippen molar-refractivity contribution in [3.63, 3.8) is 0 Å². The van der Waals surface area contributed by atoms with Crippen LogP contribution in [0.3, 0.4) is 0 Å². The van der Waals surface area contributed by atoms with E-state index in [1.54, 1.807) is 44.2 Å². The number of ketones is 1. The maximum Gasteiger partial charge on any atom is 0.459 e. The summed E-state index contributed by atoms with van der Waals surface area (Å²) in [4.78, 5) is 26.6. The third kappa shape index (κ3) is 3.96. The minimum absolute atomic E-state index is 0.0914. The Morgan fingerprint density at radius 3 is 1.66 bits per heavy atom. The van der Waals surface area contributed by atoms with E-state index < -0.39 is 13.3 Å². The van der Waals surface area contributed by atoms with E-state index in [0.29, 0.717) is 39.1 Å². The second kappa shape index (κ2) is 9.46. The Morgan fingerprint density at radius 2 is 1.19 bits per heavy atom. The number of hydrogen-bond donors (Lipinski definition) is 0. The largest absolute Gasteiger partial charge is 0.496 e. The van der Waals surface area contributed by atoms with Gasteiger partial charge in [-0.05, 0) is 51.0 Å². The summed E-state index contributed by atoms with van der Waals surface area (Å²) in [5, 5.41) is 0.456. The van der Waals surface area contributed by atoms with Gasteiger partial charge in [0.1, 0.15) is 11.5 Å². The van der Waals surface area contributed by atoms with Crippen LogP contribution in [0.1, 0.15) is 48.5 Å². The van der Waals surface area contributed by atoms with Crippen LogP contribution >= 0.6 is 7.80 Å². The minimum atomic E-state index is -2.48. The monoisotopic (exact) mass is 449 g/mol. The van der Waals surface area contributed by atoms with E-state index in [9.17, 15) is 14.2 Å². The predicted octanol–water partition coefficient (Wildman–Crippen LogP) is 5.46. The fourth-order valence-corrected chi connectivity index (χ4v) is 5.51. The van der Waals surface area contributed by atoms with Gasteiger partial charge in [0.25, 0.3) is 0 Å². The summed E-state index contributed by atoms with van der Waals surface area (Å²) in [6.45, 7) is 7.27. The van der Waals surface area contributed by atoms with Crippen molar-refractivity contribution in [3.05, 3.63) is 87.5 Å². The molecule has 0 heterocycles. The first-order valence-electron chi connectivity index (χ1n) is 10.2. The summed E-state index contributed by atoms with van der Waals surface area (Å²) in [5.41, 5.74) is 3.55. The van der Waals surface area contributed by atoms with Crippen molar-refractivity contribution in [2.24, 2.45) is 0 Å². The molecule has 1 unspecified atom stereocenters. The maximum absolute atomic E-state index is 13.6. The van der Waals surface area contributed by atoms with Gasteiger partial charge in [-0.2, -0.15) is 0 Å². The van der Waals surface area contributed by atoms with Crippen LogP contribution in [0.2, 0.25) is 0 Å². The Hall–Kier alpha value is -3.30. The fraction of sp³-hybridized carbons (Fsp3) is 0.231. The van der Waals surface area contributed by atoms with Gasteiger partial charge in [-0.15, -0.1) is 0 Å². The zero-order valence-electron chi connectivity index (χ0n) is 19.1. The zero-order valence-corrected chi connectivity index (χ0v) is 20.0. The minimum Gasteiger partial charge on any atom is -0.496 e. The van der Waals surface area contributed by atoms with Gasteiger partial charge in [0, 0.05) is 22.3 Å². The van der Waals surface area contributed by atoms with Crippen molar-refractivity contribution in [2.75, 3.05) is 14.2 Å².